The summed E-state index contributed by atoms with van der Waals surface area (Å²) in [7, 11) is -3.60. The first-order valence-corrected chi connectivity index (χ1v) is 12.9. The fraction of sp³-hybridized carbons (Fsp3) is 0.417. The van der Waals surface area contributed by atoms with E-state index in [0.29, 0.717) is 56.3 Å². The second kappa shape index (κ2) is 9.27. The van der Waals surface area contributed by atoms with Crippen molar-refractivity contribution in [3.63, 3.8) is 0 Å². The summed E-state index contributed by atoms with van der Waals surface area (Å²) < 4.78 is 38.7. The Bertz CT molecular complexity index is 1190. The number of amides is 2. The Morgan fingerprint density at radius 3 is 2.24 bits per heavy atom. The molecule has 0 aromatic heterocycles. The number of rotatable bonds is 4. The highest BCUT2D eigenvalue weighted by Gasteiger charge is 2.34. The van der Waals surface area contributed by atoms with E-state index in [-0.39, 0.29) is 23.3 Å². The van der Waals surface area contributed by atoms with E-state index in [1.807, 2.05) is 12.1 Å². The number of hydrogen-bond donors (Lipinski definition) is 0. The Morgan fingerprint density at radius 1 is 0.824 bits per heavy atom. The quantitative estimate of drug-likeness (QED) is 0.653. The number of ether oxygens (including phenoxy) is 2. The van der Waals surface area contributed by atoms with E-state index in [9.17, 15) is 18.0 Å². The molecule has 10 heteroatoms. The highest BCUT2D eigenvalue weighted by atomic mass is 32.2. The summed E-state index contributed by atoms with van der Waals surface area (Å²) >= 11 is 0. The molecule has 1 atom stereocenters. The number of sulfonamides is 1. The van der Waals surface area contributed by atoms with Crippen LogP contribution in [0.4, 0.5) is 0 Å². The third-order valence-corrected chi connectivity index (χ3v) is 8.34. The summed E-state index contributed by atoms with van der Waals surface area (Å²) in [5.74, 6) is 0.762. The molecule has 2 amide bonds. The SMILES string of the molecule is O=C(c1cccc(S(=O)(=O)N2CCCC2)c1)N1CCN(C(=O)C2COc3ccccc3O2)CC1. The lowest BCUT2D eigenvalue weighted by Crippen LogP contribution is -2.55. The second-order valence-electron chi connectivity index (χ2n) is 8.62. The van der Waals surface area contributed by atoms with E-state index in [4.69, 9.17) is 9.47 Å². The molecule has 0 saturated carbocycles. The van der Waals surface area contributed by atoms with E-state index < -0.39 is 16.1 Å². The molecule has 180 valence electrons. The first kappa shape index (κ1) is 22.7. The zero-order valence-corrected chi connectivity index (χ0v) is 19.6. The van der Waals surface area contributed by atoms with E-state index >= 15 is 0 Å². The lowest BCUT2D eigenvalue weighted by Gasteiger charge is -2.37. The van der Waals surface area contributed by atoms with Crippen molar-refractivity contribution in [1.29, 1.82) is 0 Å². The number of piperazine rings is 1. The van der Waals surface area contributed by atoms with Crippen molar-refractivity contribution in [3.05, 3.63) is 54.1 Å². The lowest BCUT2D eigenvalue weighted by atomic mass is 10.1. The monoisotopic (exact) mass is 485 g/mol. The first-order valence-electron chi connectivity index (χ1n) is 11.5. The molecule has 1 unspecified atom stereocenters. The number of para-hydroxylation sites is 2. The van der Waals surface area contributed by atoms with Gasteiger partial charge in [0.1, 0.15) is 6.61 Å². The standard InChI is InChI=1S/C24H27N3O6S/c28-23(18-6-5-7-19(16-18)34(30,31)27-10-3-4-11-27)25-12-14-26(15-13-25)24(29)22-17-32-20-8-1-2-9-21(20)33-22/h1-2,5-9,16,22H,3-4,10-15,17H2. The second-order valence-corrected chi connectivity index (χ2v) is 10.6. The molecule has 3 heterocycles. The first-order chi connectivity index (χ1) is 16.4. The summed E-state index contributed by atoms with van der Waals surface area (Å²) in [4.78, 5) is 29.5. The molecule has 3 aliphatic rings. The van der Waals surface area contributed by atoms with Crippen LogP contribution in [-0.2, 0) is 14.8 Å². The van der Waals surface area contributed by atoms with Crippen LogP contribution < -0.4 is 9.47 Å². The Labute approximate surface area is 198 Å². The number of fused-ring (bicyclic) bond motifs is 1. The van der Waals surface area contributed by atoms with Gasteiger partial charge in [0.15, 0.2) is 11.5 Å². The molecule has 0 aliphatic carbocycles. The molecule has 0 radical (unpaired) electrons. The van der Waals surface area contributed by atoms with Crippen molar-refractivity contribution in [2.24, 2.45) is 0 Å². The van der Waals surface area contributed by atoms with Gasteiger partial charge in [-0.15, -0.1) is 0 Å². The van der Waals surface area contributed by atoms with Crippen molar-refractivity contribution in [2.45, 2.75) is 23.8 Å². The predicted octanol–water partition coefficient (Wildman–Crippen LogP) is 1.60. The highest BCUT2D eigenvalue weighted by Crippen LogP contribution is 2.31. The molecular formula is C24H27N3O6S. The van der Waals surface area contributed by atoms with Gasteiger partial charge in [-0.05, 0) is 43.2 Å². The molecule has 3 aliphatic heterocycles. The van der Waals surface area contributed by atoms with Crippen LogP contribution in [0, 0.1) is 0 Å². The zero-order chi connectivity index (χ0) is 23.7. The van der Waals surface area contributed by atoms with Crippen LogP contribution >= 0.6 is 0 Å². The van der Waals surface area contributed by atoms with Crippen molar-refractivity contribution >= 4 is 21.8 Å². The van der Waals surface area contributed by atoms with Gasteiger partial charge in [-0.3, -0.25) is 9.59 Å². The number of hydrogen-bond acceptors (Lipinski definition) is 6. The van der Waals surface area contributed by atoms with E-state index in [1.54, 1.807) is 34.1 Å². The highest BCUT2D eigenvalue weighted by molar-refractivity contribution is 7.89. The fourth-order valence-corrected chi connectivity index (χ4v) is 6.09. The molecule has 0 bridgehead atoms. The molecule has 0 N–H and O–H groups in total. The molecule has 2 fully saturated rings. The third kappa shape index (κ3) is 4.35. The van der Waals surface area contributed by atoms with Crippen LogP contribution in [0.5, 0.6) is 11.5 Å². The van der Waals surface area contributed by atoms with Gasteiger partial charge in [-0.25, -0.2) is 8.42 Å². The largest absolute Gasteiger partial charge is 0.485 e. The molecular weight excluding hydrogens is 458 g/mol. The fourth-order valence-electron chi connectivity index (χ4n) is 4.52. The maximum atomic E-state index is 13.1. The Hall–Kier alpha value is -3.11. The van der Waals surface area contributed by atoms with Gasteiger partial charge in [0.2, 0.25) is 16.1 Å². The smallest absolute Gasteiger partial charge is 0.267 e. The molecule has 34 heavy (non-hydrogen) atoms. The van der Waals surface area contributed by atoms with E-state index in [1.165, 1.54) is 16.4 Å². The summed E-state index contributed by atoms with van der Waals surface area (Å²) in [5, 5.41) is 0. The van der Waals surface area contributed by atoms with Gasteiger partial charge in [0.05, 0.1) is 4.90 Å². The molecule has 5 rings (SSSR count). The predicted molar refractivity (Wildman–Crippen MR) is 123 cm³/mol. The van der Waals surface area contributed by atoms with Gasteiger partial charge >= 0.3 is 0 Å². The number of carbonyl (C=O) groups excluding carboxylic acids is 2. The van der Waals surface area contributed by atoms with Crippen LogP contribution in [0.2, 0.25) is 0 Å². The van der Waals surface area contributed by atoms with Gasteiger partial charge in [0, 0.05) is 44.8 Å². The van der Waals surface area contributed by atoms with E-state index in [2.05, 4.69) is 0 Å². The molecule has 2 aromatic carbocycles. The maximum absolute atomic E-state index is 13.1. The minimum absolute atomic E-state index is 0.142. The van der Waals surface area contributed by atoms with Crippen molar-refractivity contribution in [3.8, 4) is 11.5 Å². The Morgan fingerprint density at radius 2 is 1.50 bits per heavy atom. The van der Waals surface area contributed by atoms with Gasteiger partial charge < -0.3 is 19.3 Å². The van der Waals surface area contributed by atoms with Crippen LogP contribution in [0.25, 0.3) is 0 Å². The summed E-state index contributed by atoms with van der Waals surface area (Å²) in [6, 6.07) is 13.5. The summed E-state index contributed by atoms with van der Waals surface area (Å²) in [6.45, 7) is 2.63. The zero-order valence-electron chi connectivity index (χ0n) is 18.8. The molecule has 0 spiro atoms. The van der Waals surface area contributed by atoms with E-state index in [0.717, 1.165) is 12.8 Å². The van der Waals surface area contributed by atoms with Crippen LogP contribution in [0.15, 0.2) is 53.4 Å². The van der Waals surface area contributed by atoms with Crippen molar-refractivity contribution in [2.75, 3.05) is 45.9 Å². The van der Waals surface area contributed by atoms with Crippen molar-refractivity contribution in [1.82, 2.24) is 14.1 Å². The average molecular weight is 486 g/mol. The maximum Gasteiger partial charge on any atom is 0.267 e. The third-order valence-electron chi connectivity index (χ3n) is 6.45. The Balaban J connectivity index is 1.21. The number of carbonyl (C=O) groups is 2. The normalized spacial score (nSPS) is 20.9. The van der Waals surface area contributed by atoms with Crippen LogP contribution in [-0.4, -0.2) is 86.3 Å². The van der Waals surface area contributed by atoms with Crippen molar-refractivity contribution < 1.29 is 27.5 Å². The summed E-state index contributed by atoms with van der Waals surface area (Å²) in [6.07, 6.45) is 0.987. The lowest BCUT2D eigenvalue weighted by molar-refractivity contribution is -0.142. The minimum Gasteiger partial charge on any atom is -0.485 e. The minimum atomic E-state index is -3.60. The van der Waals surface area contributed by atoms with Crippen LogP contribution in [0.3, 0.4) is 0 Å². The number of nitrogens with zero attached hydrogens (tertiary/aromatic N) is 3. The van der Waals surface area contributed by atoms with Crippen LogP contribution in [0.1, 0.15) is 23.2 Å². The summed E-state index contributed by atoms with van der Waals surface area (Å²) in [5.41, 5.74) is 0.334. The number of benzene rings is 2. The van der Waals surface area contributed by atoms with Gasteiger partial charge in [-0.1, -0.05) is 18.2 Å². The van der Waals surface area contributed by atoms with Gasteiger partial charge in [0.25, 0.3) is 11.8 Å². The Kier molecular flexibility index (Phi) is 6.18. The van der Waals surface area contributed by atoms with Gasteiger partial charge in [-0.2, -0.15) is 4.31 Å². The topological polar surface area (TPSA) is 96.5 Å². The molecule has 9 nitrogen and oxygen atoms in total. The molecule has 2 saturated heterocycles. The average Bonchev–Trinajstić information content (AvgIpc) is 3.44. The molecule has 2 aromatic rings.